The van der Waals surface area contributed by atoms with Gasteiger partial charge < -0.3 is 0 Å². The second-order valence-corrected chi connectivity index (χ2v) is 7.86. The van der Waals surface area contributed by atoms with Crippen LogP contribution in [0.3, 0.4) is 0 Å². The molecule has 1 aliphatic heterocycles. The Morgan fingerprint density at radius 1 is 0.719 bits per heavy atom. The van der Waals surface area contributed by atoms with Crippen LogP contribution in [0.2, 0.25) is 0 Å². The standard InChI is InChI=1S/C25H24N4O3/c1-28-23(30)22(24(31)29(2)25(28)32)21-17(15-26-19-9-5-3-6-10-19)13-14-18(21)16-27-20-11-7-4-8-12-20/h3-12,15-18H,13-14H2,1-2H3. The fourth-order valence-corrected chi connectivity index (χ4v) is 4.08. The number of likely N-dealkylation sites (N-methyl/N-ethyl adjacent to an activating group) is 2. The van der Waals surface area contributed by atoms with E-state index >= 15 is 0 Å². The van der Waals surface area contributed by atoms with Gasteiger partial charge in [-0.2, -0.15) is 0 Å². The third-order valence-corrected chi connectivity index (χ3v) is 5.81. The van der Waals surface area contributed by atoms with E-state index in [1.807, 2.05) is 60.7 Å². The highest BCUT2D eigenvalue weighted by molar-refractivity contribution is 6.29. The largest absolute Gasteiger partial charge is 0.333 e. The fourth-order valence-electron chi connectivity index (χ4n) is 4.08. The molecule has 2 aliphatic rings. The highest BCUT2D eigenvalue weighted by Gasteiger charge is 2.44. The highest BCUT2D eigenvalue weighted by atomic mass is 16.2. The summed E-state index contributed by atoms with van der Waals surface area (Å²) in [6.45, 7) is 0. The molecule has 0 aromatic heterocycles. The van der Waals surface area contributed by atoms with Crippen LogP contribution < -0.4 is 0 Å². The Morgan fingerprint density at radius 3 is 1.53 bits per heavy atom. The summed E-state index contributed by atoms with van der Waals surface area (Å²) < 4.78 is 0. The minimum Gasteiger partial charge on any atom is -0.268 e. The topological polar surface area (TPSA) is 82.4 Å². The summed E-state index contributed by atoms with van der Waals surface area (Å²) in [5.41, 5.74) is 2.31. The van der Waals surface area contributed by atoms with Crippen LogP contribution in [0.5, 0.6) is 0 Å². The van der Waals surface area contributed by atoms with Gasteiger partial charge in [0.1, 0.15) is 5.57 Å². The number of aliphatic imine (C=N–C) groups is 2. The Balaban J connectivity index is 1.76. The van der Waals surface area contributed by atoms with E-state index in [9.17, 15) is 14.4 Å². The minimum atomic E-state index is -0.633. The van der Waals surface area contributed by atoms with Crippen molar-refractivity contribution in [1.82, 2.24) is 9.80 Å². The number of imide groups is 2. The first-order valence-corrected chi connectivity index (χ1v) is 10.5. The molecule has 7 heteroatoms. The van der Waals surface area contributed by atoms with Gasteiger partial charge >= 0.3 is 6.03 Å². The number of carbonyl (C=O) groups excluding carboxylic acids is 3. The second kappa shape index (κ2) is 9.09. The third kappa shape index (κ3) is 4.14. The molecule has 1 aliphatic carbocycles. The molecular formula is C25H24N4O3. The van der Waals surface area contributed by atoms with Gasteiger partial charge in [-0.05, 0) is 42.7 Å². The quantitative estimate of drug-likeness (QED) is 0.416. The lowest BCUT2D eigenvalue weighted by atomic mass is 9.90. The number of para-hydroxylation sites is 2. The zero-order chi connectivity index (χ0) is 22.7. The molecule has 1 heterocycles. The van der Waals surface area contributed by atoms with Crippen molar-refractivity contribution in [3.63, 3.8) is 0 Å². The predicted octanol–water partition coefficient (Wildman–Crippen LogP) is 4.16. The van der Waals surface area contributed by atoms with E-state index in [0.29, 0.717) is 5.57 Å². The first-order valence-electron chi connectivity index (χ1n) is 10.5. The first kappa shape index (κ1) is 21.4. The molecule has 2 aromatic carbocycles. The lowest BCUT2D eigenvalue weighted by molar-refractivity contribution is -0.134. The van der Waals surface area contributed by atoms with Crippen molar-refractivity contribution in [2.24, 2.45) is 21.8 Å². The zero-order valence-corrected chi connectivity index (χ0v) is 18.0. The maximum absolute atomic E-state index is 13.0. The van der Waals surface area contributed by atoms with E-state index in [1.165, 1.54) is 14.1 Å². The van der Waals surface area contributed by atoms with Crippen molar-refractivity contribution < 1.29 is 14.4 Å². The minimum absolute atomic E-state index is 0.0427. The summed E-state index contributed by atoms with van der Waals surface area (Å²) in [6, 6.07) is 18.4. The molecule has 1 saturated heterocycles. The van der Waals surface area contributed by atoms with Gasteiger partial charge in [0.2, 0.25) is 0 Å². The SMILES string of the molecule is CN1C(=O)C(=C2C(C=Nc3ccccc3)CCC2C=Nc2ccccc2)C(=O)N(C)C1=O. The van der Waals surface area contributed by atoms with E-state index in [4.69, 9.17) is 0 Å². The number of carbonyl (C=O) groups is 3. The summed E-state index contributed by atoms with van der Waals surface area (Å²) in [6.07, 6.45) is 5.04. The summed E-state index contributed by atoms with van der Waals surface area (Å²) in [4.78, 5) is 49.4. The molecule has 2 aromatic rings. The van der Waals surface area contributed by atoms with E-state index in [0.717, 1.165) is 34.0 Å². The second-order valence-electron chi connectivity index (χ2n) is 7.86. The number of hydrogen-bond acceptors (Lipinski definition) is 5. The van der Waals surface area contributed by atoms with Crippen LogP contribution >= 0.6 is 0 Å². The zero-order valence-electron chi connectivity index (χ0n) is 18.0. The molecule has 4 rings (SSSR count). The summed E-state index contributed by atoms with van der Waals surface area (Å²) in [7, 11) is 2.78. The van der Waals surface area contributed by atoms with Gasteiger partial charge in [0.15, 0.2) is 0 Å². The Kier molecular flexibility index (Phi) is 6.07. The van der Waals surface area contributed by atoms with E-state index in [2.05, 4.69) is 9.98 Å². The molecule has 0 spiro atoms. The summed E-state index contributed by atoms with van der Waals surface area (Å²) in [5.74, 6) is -1.57. The molecule has 2 unspecified atom stereocenters. The lowest BCUT2D eigenvalue weighted by Crippen LogP contribution is -2.53. The van der Waals surface area contributed by atoms with Crippen molar-refractivity contribution >= 4 is 41.6 Å². The first-order chi connectivity index (χ1) is 15.5. The average molecular weight is 428 g/mol. The molecule has 2 fully saturated rings. The van der Waals surface area contributed by atoms with Crippen molar-refractivity contribution in [2.75, 3.05) is 14.1 Å². The molecule has 1 saturated carbocycles. The molecule has 0 radical (unpaired) electrons. The number of rotatable bonds is 4. The average Bonchev–Trinajstić information content (AvgIpc) is 3.22. The van der Waals surface area contributed by atoms with Gasteiger partial charge in [0.25, 0.3) is 11.8 Å². The Bertz CT molecular complexity index is 1040. The number of urea groups is 1. The molecule has 0 N–H and O–H groups in total. The van der Waals surface area contributed by atoms with E-state index in [1.54, 1.807) is 12.4 Å². The maximum atomic E-state index is 13.0. The van der Waals surface area contributed by atoms with Crippen molar-refractivity contribution in [3.8, 4) is 0 Å². The number of benzene rings is 2. The van der Waals surface area contributed by atoms with E-state index < -0.39 is 17.8 Å². The van der Waals surface area contributed by atoms with Crippen LogP contribution in [-0.4, -0.2) is 54.2 Å². The summed E-state index contributed by atoms with van der Waals surface area (Å²) in [5, 5.41) is 0. The predicted molar refractivity (Wildman–Crippen MR) is 123 cm³/mol. The molecule has 4 amide bonds. The number of hydrogen-bond donors (Lipinski definition) is 0. The van der Waals surface area contributed by atoms with Gasteiger partial charge in [-0.3, -0.25) is 29.4 Å². The smallest absolute Gasteiger partial charge is 0.268 e. The van der Waals surface area contributed by atoms with Gasteiger partial charge in [-0.15, -0.1) is 0 Å². The third-order valence-electron chi connectivity index (χ3n) is 5.81. The molecule has 0 bridgehead atoms. The Morgan fingerprint density at radius 2 is 1.12 bits per heavy atom. The maximum Gasteiger partial charge on any atom is 0.333 e. The molecule has 2 atom stereocenters. The monoisotopic (exact) mass is 428 g/mol. The van der Waals surface area contributed by atoms with E-state index in [-0.39, 0.29) is 17.4 Å². The van der Waals surface area contributed by atoms with Crippen LogP contribution in [0.25, 0.3) is 0 Å². The van der Waals surface area contributed by atoms with Crippen LogP contribution in [0.4, 0.5) is 16.2 Å². The number of barbiturate groups is 1. The molecular weight excluding hydrogens is 404 g/mol. The van der Waals surface area contributed by atoms with Gasteiger partial charge in [0.05, 0.1) is 11.4 Å². The highest BCUT2D eigenvalue weighted by Crippen LogP contribution is 2.39. The molecule has 7 nitrogen and oxygen atoms in total. The number of nitrogens with zero attached hydrogens (tertiary/aromatic N) is 4. The van der Waals surface area contributed by atoms with Crippen molar-refractivity contribution in [2.45, 2.75) is 12.8 Å². The molecule has 32 heavy (non-hydrogen) atoms. The summed E-state index contributed by atoms with van der Waals surface area (Å²) >= 11 is 0. The van der Waals surface area contributed by atoms with Gasteiger partial charge in [-0.1, -0.05) is 36.4 Å². The van der Waals surface area contributed by atoms with Crippen LogP contribution in [-0.2, 0) is 9.59 Å². The lowest BCUT2D eigenvalue weighted by Gasteiger charge is -2.31. The van der Waals surface area contributed by atoms with Crippen molar-refractivity contribution in [1.29, 1.82) is 0 Å². The molecule has 162 valence electrons. The Hall–Kier alpha value is -3.87. The number of allylic oxidation sites excluding steroid dienone is 1. The normalized spacial score (nSPS) is 22.1. The van der Waals surface area contributed by atoms with Crippen LogP contribution in [0.15, 0.2) is 81.8 Å². The number of amides is 4. The van der Waals surface area contributed by atoms with Gasteiger partial charge in [0, 0.05) is 38.4 Å². The Labute approximate surface area is 186 Å². The van der Waals surface area contributed by atoms with Gasteiger partial charge in [-0.25, -0.2) is 4.79 Å². The van der Waals surface area contributed by atoms with Crippen LogP contribution in [0.1, 0.15) is 12.8 Å². The van der Waals surface area contributed by atoms with Crippen molar-refractivity contribution in [3.05, 3.63) is 71.8 Å². The van der Waals surface area contributed by atoms with Crippen LogP contribution in [0, 0.1) is 11.8 Å². The fraction of sp³-hybridized carbons (Fsp3) is 0.240.